The summed E-state index contributed by atoms with van der Waals surface area (Å²) in [5, 5.41) is 9.19. The molecular formula is C19H25NO4. The summed E-state index contributed by atoms with van der Waals surface area (Å²) in [6.07, 6.45) is 4.15. The number of carboxylic acids is 1. The lowest BCUT2D eigenvalue weighted by Crippen LogP contribution is -2.43. The molecule has 0 unspecified atom stereocenters. The highest BCUT2D eigenvalue weighted by molar-refractivity contribution is 5.80. The van der Waals surface area contributed by atoms with Gasteiger partial charge in [0.15, 0.2) is 11.5 Å². The summed E-state index contributed by atoms with van der Waals surface area (Å²) in [4.78, 5) is 13.7. The van der Waals surface area contributed by atoms with Crippen molar-refractivity contribution in [2.75, 3.05) is 27.3 Å². The van der Waals surface area contributed by atoms with E-state index in [1.54, 1.807) is 14.2 Å². The predicted octanol–water partition coefficient (Wildman–Crippen LogP) is 3.04. The van der Waals surface area contributed by atoms with Gasteiger partial charge < -0.3 is 14.6 Å². The lowest BCUT2D eigenvalue weighted by atomic mass is 9.79. The Hall–Kier alpha value is -2.01. The Morgan fingerprint density at radius 1 is 1.33 bits per heavy atom. The molecule has 2 atom stereocenters. The third-order valence-electron chi connectivity index (χ3n) is 5.32. The van der Waals surface area contributed by atoms with E-state index in [0.29, 0.717) is 5.92 Å². The van der Waals surface area contributed by atoms with Crippen LogP contribution >= 0.6 is 0 Å². The standard InChI is InChI=1S/C19H25NO4/c1-4-12-11-20-6-5-13-8-17(23-2)18(24-3)10-15(13)16(20)7-14(12)9-19(21)22/h8-10,12,16H,4-7,11H2,1-3H3,(H,21,22)/b14-9+/t12-,16-/m0/s1. The van der Waals surface area contributed by atoms with E-state index in [4.69, 9.17) is 9.47 Å². The molecular weight excluding hydrogens is 306 g/mol. The Bertz CT molecular complexity index is 668. The SMILES string of the molecule is CC[C@H]1CN2CCc3cc(OC)c(OC)cc3[C@@H]2C/C1=C\C(=O)O. The summed E-state index contributed by atoms with van der Waals surface area (Å²) in [5.74, 6) is 0.979. The van der Waals surface area contributed by atoms with Crippen LogP contribution in [0.15, 0.2) is 23.8 Å². The zero-order valence-electron chi connectivity index (χ0n) is 14.5. The van der Waals surface area contributed by atoms with Crippen molar-refractivity contribution in [1.29, 1.82) is 0 Å². The number of piperidine rings is 1. The van der Waals surface area contributed by atoms with Crippen LogP contribution in [-0.4, -0.2) is 43.3 Å². The molecule has 1 saturated heterocycles. The van der Waals surface area contributed by atoms with Crippen LogP contribution in [-0.2, 0) is 11.2 Å². The average molecular weight is 331 g/mol. The van der Waals surface area contributed by atoms with Gasteiger partial charge in [-0.15, -0.1) is 0 Å². The zero-order valence-corrected chi connectivity index (χ0v) is 14.5. The molecule has 130 valence electrons. The van der Waals surface area contributed by atoms with E-state index in [1.165, 1.54) is 17.2 Å². The van der Waals surface area contributed by atoms with Gasteiger partial charge in [-0.05, 0) is 48.4 Å². The van der Waals surface area contributed by atoms with Crippen molar-refractivity contribution in [2.45, 2.75) is 32.2 Å². The lowest BCUT2D eigenvalue weighted by Gasteiger charge is -2.44. The van der Waals surface area contributed by atoms with Crippen LogP contribution in [0.3, 0.4) is 0 Å². The molecule has 0 bridgehead atoms. The minimum Gasteiger partial charge on any atom is -0.493 e. The first-order valence-electron chi connectivity index (χ1n) is 8.49. The monoisotopic (exact) mass is 331 g/mol. The van der Waals surface area contributed by atoms with Gasteiger partial charge in [-0.25, -0.2) is 4.79 Å². The highest BCUT2D eigenvalue weighted by atomic mass is 16.5. The van der Waals surface area contributed by atoms with Gasteiger partial charge >= 0.3 is 5.97 Å². The van der Waals surface area contributed by atoms with Crippen LogP contribution in [0.4, 0.5) is 0 Å². The highest BCUT2D eigenvalue weighted by Gasteiger charge is 2.36. The number of carbonyl (C=O) groups is 1. The quantitative estimate of drug-likeness (QED) is 0.859. The molecule has 0 saturated carbocycles. The maximum Gasteiger partial charge on any atom is 0.328 e. The maximum absolute atomic E-state index is 11.2. The van der Waals surface area contributed by atoms with Crippen LogP contribution < -0.4 is 9.47 Å². The first-order valence-corrected chi connectivity index (χ1v) is 8.49. The fourth-order valence-corrected chi connectivity index (χ4v) is 4.05. The normalized spacial score (nSPS) is 25.0. The molecule has 0 radical (unpaired) electrons. The minimum atomic E-state index is -0.847. The number of ether oxygens (including phenoxy) is 2. The molecule has 5 heteroatoms. The Morgan fingerprint density at radius 3 is 2.67 bits per heavy atom. The number of carboxylic acid groups (broad SMARTS) is 1. The largest absolute Gasteiger partial charge is 0.493 e. The molecule has 24 heavy (non-hydrogen) atoms. The van der Waals surface area contributed by atoms with Gasteiger partial charge in [0.1, 0.15) is 0 Å². The van der Waals surface area contributed by atoms with Crippen molar-refractivity contribution in [3.05, 3.63) is 34.9 Å². The summed E-state index contributed by atoms with van der Waals surface area (Å²) >= 11 is 0. The first kappa shape index (κ1) is 16.8. The van der Waals surface area contributed by atoms with E-state index < -0.39 is 5.97 Å². The number of fused-ring (bicyclic) bond motifs is 3. The number of aliphatic carboxylic acids is 1. The van der Waals surface area contributed by atoms with Crippen molar-refractivity contribution >= 4 is 5.97 Å². The fraction of sp³-hybridized carbons (Fsp3) is 0.526. The molecule has 2 heterocycles. The van der Waals surface area contributed by atoms with Gasteiger partial charge in [0.25, 0.3) is 0 Å². The molecule has 0 amide bonds. The van der Waals surface area contributed by atoms with Crippen LogP contribution in [0.5, 0.6) is 11.5 Å². The summed E-state index contributed by atoms with van der Waals surface area (Å²) in [7, 11) is 3.30. The molecule has 1 aromatic rings. The van der Waals surface area contributed by atoms with E-state index in [0.717, 1.165) is 49.4 Å². The van der Waals surface area contributed by atoms with Crippen LogP contribution in [0.2, 0.25) is 0 Å². The summed E-state index contributed by atoms with van der Waals surface area (Å²) in [6, 6.07) is 4.36. The third-order valence-corrected chi connectivity index (χ3v) is 5.32. The molecule has 3 rings (SSSR count). The predicted molar refractivity (Wildman–Crippen MR) is 91.7 cm³/mol. The van der Waals surface area contributed by atoms with E-state index in [-0.39, 0.29) is 6.04 Å². The Labute approximate surface area is 142 Å². The van der Waals surface area contributed by atoms with Crippen molar-refractivity contribution in [2.24, 2.45) is 5.92 Å². The number of nitrogens with zero attached hydrogens (tertiary/aromatic N) is 1. The van der Waals surface area contributed by atoms with Gasteiger partial charge in [0, 0.05) is 25.2 Å². The van der Waals surface area contributed by atoms with Crippen molar-refractivity contribution in [1.82, 2.24) is 4.90 Å². The van der Waals surface area contributed by atoms with Gasteiger partial charge in [0.05, 0.1) is 14.2 Å². The smallest absolute Gasteiger partial charge is 0.328 e. The first-order chi connectivity index (χ1) is 11.6. The second-order valence-electron chi connectivity index (χ2n) is 6.53. The van der Waals surface area contributed by atoms with Crippen LogP contribution in [0, 0.1) is 5.92 Å². The van der Waals surface area contributed by atoms with Crippen LogP contribution in [0.25, 0.3) is 0 Å². The van der Waals surface area contributed by atoms with Gasteiger partial charge in [-0.1, -0.05) is 12.5 Å². The molecule has 2 aliphatic rings. The van der Waals surface area contributed by atoms with E-state index in [2.05, 4.69) is 24.0 Å². The topological polar surface area (TPSA) is 59.0 Å². The highest BCUT2D eigenvalue weighted by Crippen LogP contribution is 2.44. The zero-order chi connectivity index (χ0) is 17.3. The minimum absolute atomic E-state index is 0.224. The van der Waals surface area contributed by atoms with Crippen molar-refractivity contribution in [3.8, 4) is 11.5 Å². The molecule has 5 nitrogen and oxygen atoms in total. The second kappa shape index (κ2) is 6.85. The number of methoxy groups -OCH3 is 2. The molecule has 0 aliphatic carbocycles. The summed E-state index contributed by atoms with van der Waals surface area (Å²) in [6.45, 7) is 4.06. The van der Waals surface area contributed by atoms with E-state index >= 15 is 0 Å². The molecule has 2 aliphatic heterocycles. The summed E-state index contributed by atoms with van der Waals surface area (Å²) in [5.41, 5.74) is 3.57. The van der Waals surface area contributed by atoms with Gasteiger partial charge in [0.2, 0.25) is 0 Å². The Kier molecular flexibility index (Phi) is 4.81. The molecule has 1 aromatic carbocycles. The van der Waals surface area contributed by atoms with Gasteiger partial charge in [-0.3, -0.25) is 4.90 Å². The van der Waals surface area contributed by atoms with E-state index in [9.17, 15) is 9.90 Å². The van der Waals surface area contributed by atoms with E-state index in [1.807, 2.05) is 0 Å². The number of hydrogen-bond donors (Lipinski definition) is 1. The lowest BCUT2D eigenvalue weighted by molar-refractivity contribution is -0.131. The molecule has 1 N–H and O–H groups in total. The average Bonchev–Trinajstić information content (AvgIpc) is 2.59. The Morgan fingerprint density at radius 2 is 2.04 bits per heavy atom. The van der Waals surface area contributed by atoms with Crippen molar-refractivity contribution < 1.29 is 19.4 Å². The Balaban J connectivity index is 1.99. The van der Waals surface area contributed by atoms with Crippen molar-refractivity contribution in [3.63, 3.8) is 0 Å². The molecule has 0 spiro atoms. The van der Waals surface area contributed by atoms with Gasteiger partial charge in [-0.2, -0.15) is 0 Å². The number of rotatable bonds is 4. The number of benzene rings is 1. The fourth-order valence-electron chi connectivity index (χ4n) is 4.05. The molecule has 0 aromatic heterocycles. The number of hydrogen-bond acceptors (Lipinski definition) is 4. The van der Waals surface area contributed by atoms with Crippen LogP contribution in [0.1, 0.15) is 36.9 Å². The summed E-state index contributed by atoms with van der Waals surface area (Å²) < 4.78 is 10.9. The second-order valence-corrected chi connectivity index (χ2v) is 6.53. The maximum atomic E-state index is 11.2. The molecule has 1 fully saturated rings. The third kappa shape index (κ3) is 3.00.